The molecule has 1 heterocycles. The monoisotopic (exact) mass is 295 g/mol. The van der Waals surface area contributed by atoms with Gasteiger partial charge in [-0.2, -0.15) is 0 Å². The van der Waals surface area contributed by atoms with Crippen LogP contribution < -0.4 is 0 Å². The number of aryl methyl sites for hydroxylation is 1. The standard InChI is InChI=1S/C22H17N/c1-16-15-19(13-11-17-7-3-2-4-8-17)23-22-20(16)14-12-18-9-5-6-10-21(18)22/h2-15H,1H3/b13-11+. The first-order chi connectivity index (χ1) is 11.3. The summed E-state index contributed by atoms with van der Waals surface area (Å²) in [5.41, 5.74) is 4.52. The SMILES string of the molecule is Cc1cc(/C=C/c2ccccc2)nc2c1ccc1ccccc12. The lowest BCUT2D eigenvalue weighted by Crippen LogP contribution is -1.89. The van der Waals surface area contributed by atoms with Gasteiger partial charge in [0.1, 0.15) is 0 Å². The molecule has 23 heavy (non-hydrogen) atoms. The van der Waals surface area contributed by atoms with Crippen molar-refractivity contribution in [3.63, 3.8) is 0 Å². The van der Waals surface area contributed by atoms with Crippen LogP contribution >= 0.6 is 0 Å². The summed E-state index contributed by atoms with van der Waals surface area (Å²) in [6.45, 7) is 2.15. The second-order valence-corrected chi connectivity index (χ2v) is 5.79. The number of aromatic nitrogens is 1. The molecule has 0 saturated heterocycles. The molecule has 0 aliphatic carbocycles. The van der Waals surface area contributed by atoms with Crippen LogP contribution in [-0.4, -0.2) is 4.98 Å². The molecule has 0 amide bonds. The van der Waals surface area contributed by atoms with Gasteiger partial charge in [0, 0.05) is 10.8 Å². The minimum Gasteiger partial charge on any atom is -0.248 e. The van der Waals surface area contributed by atoms with Gasteiger partial charge in [-0.1, -0.05) is 72.8 Å². The average Bonchev–Trinajstić information content (AvgIpc) is 2.61. The smallest absolute Gasteiger partial charge is 0.0790 e. The lowest BCUT2D eigenvalue weighted by Gasteiger charge is -2.07. The molecule has 4 aromatic rings. The Balaban J connectivity index is 1.88. The molecule has 0 fully saturated rings. The third-order valence-electron chi connectivity index (χ3n) is 4.18. The lowest BCUT2D eigenvalue weighted by molar-refractivity contribution is 1.35. The van der Waals surface area contributed by atoms with E-state index in [0.717, 1.165) is 11.2 Å². The van der Waals surface area contributed by atoms with E-state index in [2.05, 4.69) is 73.7 Å². The van der Waals surface area contributed by atoms with E-state index in [1.165, 1.54) is 27.3 Å². The van der Waals surface area contributed by atoms with Crippen molar-refractivity contribution in [3.05, 3.63) is 89.6 Å². The van der Waals surface area contributed by atoms with Crippen molar-refractivity contribution in [2.24, 2.45) is 0 Å². The second kappa shape index (κ2) is 5.69. The van der Waals surface area contributed by atoms with Crippen molar-refractivity contribution in [3.8, 4) is 0 Å². The molecule has 1 heteroatoms. The molecule has 3 aromatic carbocycles. The van der Waals surface area contributed by atoms with Gasteiger partial charge in [0.05, 0.1) is 11.2 Å². The Hall–Kier alpha value is -2.93. The molecule has 0 aliphatic heterocycles. The molecule has 1 nitrogen and oxygen atoms in total. The maximum atomic E-state index is 4.89. The van der Waals surface area contributed by atoms with E-state index in [0.29, 0.717) is 0 Å². The highest BCUT2D eigenvalue weighted by Gasteiger charge is 2.05. The summed E-state index contributed by atoms with van der Waals surface area (Å²) in [5, 5.41) is 3.67. The van der Waals surface area contributed by atoms with Crippen LogP contribution in [0.3, 0.4) is 0 Å². The molecule has 0 atom stereocenters. The third kappa shape index (κ3) is 2.62. The van der Waals surface area contributed by atoms with Gasteiger partial charge in [0.2, 0.25) is 0 Å². The topological polar surface area (TPSA) is 12.9 Å². The van der Waals surface area contributed by atoms with Crippen molar-refractivity contribution >= 4 is 33.8 Å². The van der Waals surface area contributed by atoms with E-state index in [1.54, 1.807) is 0 Å². The number of hydrogen-bond acceptors (Lipinski definition) is 1. The summed E-state index contributed by atoms with van der Waals surface area (Å²) >= 11 is 0. The summed E-state index contributed by atoms with van der Waals surface area (Å²) in [5.74, 6) is 0. The fourth-order valence-electron chi connectivity index (χ4n) is 2.99. The molecule has 1 aromatic heterocycles. The minimum atomic E-state index is 0.996. The van der Waals surface area contributed by atoms with Gasteiger partial charge < -0.3 is 0 Å². The zero-order valence-corrected chi connectivity index (χ0v) is 13.0. The highest BCUT2D eigenvalue weighted by molar-refractivity contribution is 6.06. The Labute approximate surface area is 135 Å². The van der Waals surface area contributed by atoms with Gasteiger partial charge >= 0.3 is 0 Å². The van der Waals surface area contributed by atoms with Gasteiger partial charge in [-0.3, -0.25) is 0 Å². The molecule has 0 N–H and O–H groups in total. The molecular formula is C22H17N. The van der Waals surface area contributed by atoms with E-state index >= 15 is 0 Å². The zero-order valence-electron chi connectivity index (χ0n) is 13.0. The Morgan fingerprint density at radius 1 is 0.739 bits per heavy atom. The van der Waals surface area contributed by atoms with Crippen molar-refractivity contribution in [2.75, 3.05) is 0 Å². The van der Waals surface area contributed by atoms with Crippen molar-refractivity contribution in [1.82, 2.24) is 4.98 Å². The van der Waals surface area contributed by atoms with Crippen molar-refractivity contribution in [1.29, 1.82) is 0 Å². The molecule has 0 spiro atoms. The Bertz CT molecular complexity index is 1010. The third-order valence-corrected chi connectivity index (χ3v) is 4.18. The predicted octanol–water partition coefficient (Wildman–Crippen LogP) is 5.87. The summed E-state index contributed by atoms with van der Waals surface area (Å²) in [6.07, 6.45) is 4.20. The summed E-state index contributed by atoms with van der Waals surface area (Å²) < 4.78 is 0. The van der Waals surface area contributed by atoms with E-state index in [1.807, 2.05) is 18.2 Å². The number of hydrogen-bond donors (Lipinski definition) is 0. The molecule has 4 rings (SSSR count). The summed E-state index contributed by atoms with van der Waals surface area (Å²) in [7, 11) is 0. The van der Waals surface area contributed by atoms with Crippen LogP contribution in [0.1, 0.15) is 16.8 Å². The van der Waals surface area contributed by atoms with Gasteiger partial charge in [0.15, 0.2) is 0 Å². The normalized spacial score (nSPS) is 11.5. The van der Waals surface area contributed by atoms with Crippen molar-refractivity contribution in [2.45, 2.75) is 6.92 Å². The van der Waals surface area contributed by atoms with Crippen LogP contribution in [0, 0.1) is 6.92 Å². The maximum absolute atomic E-state index is 4.89. The van der Waals surface area contributed by atoms with E-state index in [9.17, 15) is 0 Å². The summed E-state index contributed by atoms with van der Waals surface area (Å²) in [6, 6.07) is 25.2. The first kappa shape index (κ1) is 13.7. The van der Waals surface area contributed by atoms with E-state index in [4.69, 9.17) is 4.98 Å². The number of nitrogens with zero attached hydrogens (tertiary/aromatic N) is 1. The number of fused-ring (bicyclic) bond motifs is 3. The molecule has 0 saturated carbocycles. The van der Waals surface area contributed by atoms with Gasteiger partial charge in [-0.15, -0.1) is 0 Å². The predicted molar refractivity (Wildman–Crippen MR) is 99.4 cm³/mol. The lowest BCUT2D eigenvalue weighted by atomic mass is 10.0. The van der Waals surface area contributed by atoms with Gasteiger partial charge in [0.25, 0.3) is 0 Å². The fourth-order valence-corrected chi connectivity index (χ4v) is 2.99. The quantitative estimate of drug-likeness (QED) is 0.422. The molecular weight excluding hydrogens is 278 g/mol. The van der Waals surface area contributed by atoms with E-state index < -0.39 is 0 Å². The molecule has 0 bridgehead atoms. The molecule has 0 aliphatic rings. The zero-order chi connectivity index (χ0) is 15.6. The van der Waals surface area contributed by atoms with Gasteiger partial charge in [-0.25, -0.2) is 4.98 Å². The van der Waals surface area contributed by atoms with Gasteiger partial charge in [-0.05, 0) is 35.6 Å². The minimum absolute atomic E-state index is 0.996. The largest absolute Gasteiger partial charge is 0.248 e. The van der Waals surface area contributed by atoms with Crippen LogP contribution in [0.5, 0.6) is 0 Å². The van der Waals surface area contributed by atoms with Crippen molar-refractivity contribution < 1.29 is 0 Å². The van der Waals surface area contributed by atoms with Crippen LogP contribution in [0.4, 0.5) is 0 Å². The highest BCUT2D eigenvalue weighted by Crippen LogP contribution is 2.27. The Morgan fingerprint density at radius 3 is 2.39 bits per heavy atom. The number of pyridine rings is 1. The van der Waals surface area contributed by atoms with Crippen LogP contribution in [0.25, 0.3) is 33.8 Å². The Kier molecular flexibility index (Phi) is 3.39. The molecule has 0 radical (unpaired) electrons. The Morgan fingerprint density at radius 2 is 1.52 bits per heavy atom. The van der Waals surface area contributed by atoms with Crippen LogP contribution in [0.15, 0.2) is 72.8 Å². The maximum Gasteiger partial charge on any atom is 0.0790 e. The van der Waals surface area contributed by atoms with Crippen LogP contribution in [-0.2, 0) is 0 Å². The van der Waals surface area contributed by atoms with Crippen LogP contribution in [0.2, 0.25) is 0 Å². The number of rotatable bonds is 2. The second-order valence-electron chi connectivity index (χ2n) is 5.79. The first-order valence-corrected chi connectivity index (χ1v) is 7.83. The molecule has 0 unspecified atom stereocenters. The first-order valence-electron chi connectivity index (χ1n) is 7.83. The fraction of sp³-hybridized carbons (Fsp3) is 0.0455. The average molecular weight is 295 g/mol. The van der Waals surface area contributed by atoms with E-state index in [-0.39, 0.29) is 0 Å². The molecule has 110 valence electrons. The number of benzene rings is 3. The summed E-state index contributed by atoms with van der Waals surface area (Å²) in [4.78, 5) is 4.89. The highest BCUT2D eigenvalue weighted by atomic mass is 14.7.